The molecule has 1 fully saturated rings. The molecule has 1 aliphatic rings. The lowest BCUT2D eigenvalue weighted by Gasteiger charge is -2.26. The number of H-pyrrole nitrogens is 1. The van der Waals surface area contributed by atoms with E-state index >= 15 is 0 Å². The van der Waals surface area contributed by atoms with Gasteiger partial charge in [0.15, 0.2) is 0 Å². The van der Waals surface area contributed by atoms with Crippen molar-refractivity contribution in [2.75, 3.05) is 13.2 Å². The van der Waals surface area contributed by atoms with Crippen LogP contribution in [-0.4, -0.2) is 76.2 Å². The number of para-hydroxylation sites is 1. The normalized spacial score (nSPS) is 18.1. The van der Waals surface area contributed by atoms with Crippen LogP contribution < -0.4 is 21.3 Å². The first-order valence-electron chi connectivity index (χ1n) is 11.7. The standard InChI is InChI=1S/C24H33N5O6/c1-13(2)20(29-22(32)19(12-30)28-21(31)17-8-5-9-25-17)23(33)27-18(24(34)35)10-14-11-26-16-7-4-3-6-15(14)16/h3-4,6-7,11,13,17-20,25-26,30H,5,8-10,12H2,1-2H3,(H,27,33)(H,28,31)(H,29,32)(H,34,35). The third kappa shape index (κ3) is 6.58. The van der Waals surface area contributed by atoms with E-state index in [0.717, 1.165) is 22.9 Å². The van der Waals surface area contributed by atoms with E-state index in [1.807, 2.05) is 24.3 Å². The number of carboxylic acid groups (broad SMARTS) is 1. The largest absolute Gasteiger partial charge is 0.480 e. The maximum atomic E-state index is 13.0. The Kier molecular flexibility index (Phi) is 8.83. The van der Waals surface area contributed by atoms with E-state index in [9.17, 15) is 29.4 Å². The average Bonchev–Trinajstić information content (AvgIpc) is 3.50. The second-order valence-corrected chi connectivity index (χ2v) is 9.09. The lowest BCUT2D eigenvalue weighted by Crippen LogP contribution is -2.59. The number of aliphatic hydroxyl groups is 1. The molecule has 1 saturated heterocycles. The highest BCUT2D eigenvalue weighted by atomic mass is 16.4. The summed E-state index contributed by atoms with van der Waals surface area (Å²) in [7, 11) is 0. The van der Waals surface area contributed by atoms with Gasteiger partial charge in [-0.2, -0.15) is 0 Å². The number of aromatic amines is 1. The molecule has 0 saturated carbocycles. The number of carbonyl (C=O) groups excluding carboxylic acids is 3. The van der Waals surface area contributed by atoms with Crippen molar-refractivity contribution in [3.8, 4) is 0 Å². The highest BCUT2D eigenvalue weighted by Gasteiger charge is 2.32. The van der Waals surface area contributed by atoms with Crippen molar-refractivity contribution < 1.29 is 29.4 Å². The molecular formula is C24H33N5O6. The summed E-state index contributed by atoms with van der Waals surface area (Å²) in [6, 6.07) is 3.49. The van der Waals surface area contributed by atoms with Crippen molar-refractivity contribution in [3.05, 3.63) is 36.0 Å². The van der Waals surface area contributed by atoms with Gasteiger partial charge in [-0.1, -0.05) is 32.0 Å². The zero-order chi connectivity index (χ0) is 25.5. The van der Waals surface area contributed by atoms with Gasteiger partial charge in [0, 0.05) is 23.5 Å². The first-order valence-corrected chi connectivity index (χ1v) is 11.7. The zero-order valence-corrected chi connectivity index (χ0v) is 19.8. The van der Waals surface area contributed by atoms with Gasteiger partial charge in [-0.15, -0.1) is 0 Å². The van der Waals surface area contributed by atoms with Crippen molar-refractivity contribution in [2.45, 2.75) is 57.3 Å². The Labute approximate surface area is 203 Å². The Morgan fingerprint density at radius 1 is 1.06 bits per heavy atom. The predicted molar refractivity (Wildman–Crippen MR) is 128 cm³/mol. The number of hydrogen-bond donors (Lipinski definition) is 7. The van der Waals surface area contributed by atoms with Crippen LogP contribution in [0, 0.1) is 5.92 Å². The molecule has 2 aromatic rings. The highest BCUT2D eigenvalue weighted by molar-refractivity contribution is 5.94. The molecule has 2 heterocycles. The van der Waals surface area contributed by atoms with Gasteiger partial charge in [-0.05, 0) is 36.9 Å². The maximum absolute atomic E-state index is 13.0. The number of carboxylic acids is 1. The van der Waals surface area contributed by atoms with Gasteiger partial charge in [0.2, 0.25) is 17.7 Å². The number of benzene rings is 1. The van der Waals surface area contributed by atoms with E-state index in [-0.39, 0.29) is 12.3 Å². The molecule has 4 unspecified atom stereocenters. The van der Waals surface area contributed by atoms with Crippen LogP contribution >= 0.6 is 0 Å². The monoisotopic (exact) mass is 487 g/mol. The summed E-state index contributed by atoms with van der Waals surface area (Å²) in [5.41, 5.74) is 1.59. The van der Waals surface area contributed by atoms with E-state index in [4.69, 9.17) is 0 Å². The number of rotatable bonds is 11. The summed E-state index contributed by atoms with van der Waals surface area (Å²) in [6.45, 7) is 3.46. The Morgan fingerprint density at radius 2 is 1.80 bits per heavy atom. The number of hydrogen-bond acceptors (Lipinski definition) is 6. The number of fused-ring (bicyclic) bond motifs is 1. The van der Waals surface area contributed by atoms with Crippen molar-refractivity contribution in [3.63, 3.8) is 0 Å². The molecule has 0 radical (unpaired) electrons. The van der Waals surface area contributed by atoms with Crippen LogP contribution in [-0.2, 0) is 25.6 Å². The van der Waals surface area contributed by atoms with E-state index in [2.05, 4.69) is 26.3 Å². The van der Waals surface area contributed by atoms with Gasteiger partial charge in [-0.25, -0.2) is 4.79 Å². The van der Waals surface area contributed by atoms with Crippen LogP contribution in [0.3, 0.4) is 0 Å². The smallest absolute Gasteiger partial charge is 0.326 e. The van der Waals surface area contributed by atoms with Gasteiger partial charge < -0.3 is 36.5 Å². The van der Waals surface area contributed by atoms with Crippen LogP contribution in [0.4, 0.5) is 0 Å². The number of carbonyl (C=O) groups is 4. The van der Waals surface area contributed by atoms with E-state index in [1.54, 1.807) is 20.0 Å². The van der Waals surface area contributed by atoms with Crippen LogP contribution in [0.2, 0.25) is 0 Å². The van der Waals surface area contributed by atoms with Gasteiger partial charge in [0.05, 0.1) is 12.6 Å². The second-order valence-electron chi connectivity index (χ2n) is 9.09. The van der Waals surface area contributed by atoms with Gasteiger partial charge in [-0.3, -0.25) is 14.4 Å². The topological polar surface area (TPSA) is 173 Å². The molecule has 7 N–H and O–H groups in total. The molecule has 4 atom stereocenters. The summed E-state index contributed by atoms with van der Waals surface area (Å²) in [5, 5.41) is 30.8. The molecule has 190 valence electrons. The molecule has 0 spiro atoms. The number of aromatic nitrogens is 1. The fourth-order valence-corrected chi connectivity index (χ4v) is 4.15. The van der Waals surface area contributed by atoms with Crippen molar-refractivity contribution in [2.24, 2.45) is 5.92 Å². The first kappa shape index (κ1) is 26.2. The van der Waals surface area contributed by atoms with Crippen molar-refractivity contribution in [1.29, 1.82) is 0 Å². The number of aliphatic hydroxyl groups excluding tert-OH is 1. The van der Waals surface area contributed by atoms with E-state index in [0.29, 0.717) is 13.0 Å². The fourth-order valence-electron chi connectivity index (χ4n) is 4.15. The molecule has 3 amide bonds. The summed E-state index contributed by atoms with van der Waals surface area (Å²) in [5.74, 6) is -3.38. The summed E-state index contributed by atoms with van der Waals surface area (Å²) in [4.78, 5) is 53.1. The minimum absolute atomic E-state index is 0.0492. The molecule has 1 aromatic carbocycles. The van der Waals surface area contributed by atoms with Gasteiger partial charge in [0.25, 0.3) is 0 Å². The van der Waals surface area contributed by atoms with Gasteiger partial charge >= 0.3 is 5.97 Å². The van der Waals surface area contributed by atoms with E-state index < -0.39 is 54.5 Å². The molecule has 0 aliphatic carbocycles. The third-order valence-electron chi connectivity index (χ3n) is 6.15. The van der Waals surface area contributed by atoms with Crippen molar-refractivity contribution >= 4 is 34.6 Å². The van der Waals surface area contributed by atoms with Crippen LogP contribution in [0.25, 0.3) is 10.9 Å². The molecule has 1 aliphatic heterocycles. The fraction of sp³-hybridized carbons (Fsp3) is 0.500. The molecule has 0 bridgehead atoms. The average molecular weight is 488 g/mol. The minimum Gasteiger partial charge on any atom is -0.480 e. The number of nitrogens with one attached hydrogen (secondary N) is 5. The lowest BCUT2D eigenvalue weighted by molar-refractivity contribution is -0.142. The Bertz CT molecular complexity index is 1060. The van der Waals surface area contributed by atoms with Crippen LogP contribution in [0.5, 0.6) is 0 Å². The Hall–Kier alpha value is -3.44. The lowest BCUT2D eigenvalue weighted by atomic mass is 10.0. The quantitative estimate of drug-likeness (QED) is 0.227. The van der Waals surface area contributed by atoms with Crippen LogP contribution in [0.15, 0.2) is 30.5 Å². The number of amides is 3. The SMILES string of the molecule is CC(C)C(NC(=O)C(CO)NC(=O)C1CCCN1)C(=O)NC(Cc1c[nH]c2ccccc12)C(=O)O. The summed E-state index contributed by atoms with van der Waals surface area (Å²) < 4.78 is 0. The van der Waals surface area contributed by atoms with Crippen LogP contribution in [0.1, 0.15) is 32.3 Å². The Balaban J connectivity index is 1.66. The van der Waals surface area contributed by atoms with Crippen molar-refractivity contribution in [1.82, 2.24) is 26.3 Å². The first-order chi connectivity index (χ1) is 16.7. The Morgan fingerprint density at radius 3 is 2.43 bits per heavy atom. The summed E-state index contributed by atoms with van der Waals surface area (Å²) in [6.07, 6.45) is 3.23. The molecule has 35 heavy (non-hydrogen) atoms. The molecule has 3 rings (SSSR count). The maximum Gasteiger partial charge on any atom is 0.326 e. The predicted octanol–water partition coefficient (Wildman–Crippen LogP) is -0.350. The molecule has 11 heteroatoms. The summed E-state index contributed by atoms with van der Waals surface area (Å²) >= 11 is 0. The second kappa shape index (κ2) is 11.8. The number of aliphatic carboxylic acids is 1. The molecular weight excluding hydrogens is 454 g/mol. The molecule has 11 nitrogen and oxygen atoms in total. The molecule has 1 aromatic heterocycles. The van der Waals surface area contributed by atoms with E-state index in [1.165, 1.54) is 0 Å². The zero-order valence-electron chi connectivity index (χ0n) is 19.8. The van der Waals surface area contributed by atoms with Gasteiger partial charge in [0.1, 0.15) is 18.1 Å². The third-order valence-corrected chi connectivity index (χ3v) is 6.15. The minimum atomic E-state index is -1.24. The highest BCUT2D eigenvalue weighted by Crippen LogP contribution is 2.19.